The largest absolute Gasteiger partial charge is 0.383 e. The molecule has 0 aliphatic rings. The summed E-state index contributed by atoms with van der Waals surface area (Å²) in [5.74, 6) is 0.274. The molecule has 2 heterocycles. The first-order chi connectivity index (χ1) is 14.9. The summed E-state index contributed by atoms with van der Waals surface area (Å²) >= 11 is 0. The lowest BCUT2D eigenvalue weighted by molar-refractivity contribution is 0.183. The highest BCUT2D eigenvalue weighted by molar-refractivity contribution is 6.04. The number of hydrogen-bond acceptors (Lipinski definition) is 6. The molecule has 2 aromatic heterocycles. The third kappa shape index (κ3) is 5.49. The maximum atomic E-state index is 8.45. The van der Waals surface area contributed by atoms with Crippen LogP contribution in [0.2, 0.25) is 0 Å². The first-order valence-electron chi connectivity index (χ1n) is 9.92. The normalized spacial score (nSPS) is 10.7. The number of nitrogens with zero attached hydrogens (tertiary/aromatic N) is 5. The van der Waals surface area contributed by atoms with E-state index in [1.165, 1.54) is 11.1 Å². The number of ether oxygens (including phenoxy) is 1. The number of nitrogens with one attached hydrogen (secondary N) is 2. The van der Waals surface area contributed by atoms with Gasteiger partial charge in [0, 0.05) is 48.1 Å². The molecule has 0 radical (unpaired) electrons. The van der Waals surface area contributed by atoms with Crippen LogP contribution in [-0.4, -0.2) is 50.9 Å². The lowest BCUT2D eigenvalue weighted by Crippen LogP contribution is -2.32. The van der Waals surface area contributed by atoms with E-state index in [4.69, 9.17) is 15.6 Å². The maximum absolute atomic E-state index is 8.45. The highest BCUT2D eigenvalue weighted by Crippen LogP contribution is 2.23. The van der Waals surface area contributed by atoms with Crippen molar-refractivity contribution in [3.63, 3.8) is 0 Å². The molecule has 0 saturated heterocycles. The zero-order valence-corrected chi connectivity index (χ0v) is 18.1. The van der Waals surface area contributed by atoms with Gasteiger partial charge in [-0.1, -0.05) is 12.6 Å². The maximum Gasteiger partial charge on any atom is 0.147 e. The molecule has 0 bridgehead atoms. The van der Waals surface area contributed by atoms with E-state index >= 15 is 0 Å². The van der Waals surface area contributed by atoms with Gasteiger partial charge in [0.15, 0.2) is 0 Å². The van der Waals surface area contributed by atoms with Crippen molar-refractivity contribution < 1.29 is 4.74 Å². The number of hydrogen-bond donors (Lipinski definition) is 2. The zero-order valence-electron chi connectivity index (χ0n) is 18.1. The minimum absolute atomic E-state index is 0.0708. The SMILES string of the molecule is C=CC(=N)N(N=C(C)C)C(=N)Cc1ccc2ncc(-c3cnn(CCOC)c3)cc2c1. The Morgan fingerprint density at radius 3 is 2.74 bits per heavy atom. The van der Waals surface area contributed by atoms with Gasteiger partial charge >= 0.3 is 0 Å². The molecule has 0 fully saturated rings. The van der Waals surface area contributed by atoms with Crippen molar-refractivity contribution >= 4 is 28.3 Å². The molecule has 0 unspecified atom stereocenters. The van der Waals surface area contributed by atoms with Crippen LogP contribution in [0.3, 0.4) is 0 Å². The van der Waals surface area contributed by atoms with Gasteiger partial charge in [-0.3, -0.25) is 20.5 Å². The molecule has 1 aromatic carbocycles. The van der Waals surface area contributed by atoms with Crippen LogP contribution in [0, 0.1) is 10.8 Å². The van der Waals surface area contributed by atoms with Gasteiger partial charge in [-0.2, -0.15) is 10.2 Å². The average Bonchev–Trinajstić information content (AvgIpc) is 3.23. The van der Waals surface area contributed by atoms with Crippen molar-refractivity contribution in [1.82, 2.24) is 19.8 Å². The Hall–Kier alpha value is -3.65. The van der Waals surface area contributed by atoms with Gasteiger partial charge < -0.3 is 4.74 Å². The molecule has 0 aliphatic carbocycles. The number of aromatic nitrogens is 3. The second-order valence-corrected chi connectivity index (χ2v) is 7.31. The van der Waals surface area contributed by atoms with E-state index in [1.807, 2.05) is 55.3 Å². The summed E-state index contributed by atoms with van der Waals surface area (Å²) in [7, 11) is 1.67. The predicted octanol–water partition coefficient (Wildman–Crippen LogP) is 4.13. The number of pyridine rings is 1. The van der Waals surface area contributed by atoms with Crippen LogP contribution in [0.15, 0.2) is 60.6 Å². The summed E-state index contributed by atoms with van der Waals surface area (Å²) < 4.78 is 6.95. The quantitative estimate of drug-likeness (QED) is 0.327. The lowest BCUT2D eigenvalue weighted by atomic mass is 10.0. The number of methoxy groups -OCH3 is 1. The Morgan fingerprint density at radius 1 is 1.23 bits per heavy atom. The van der Waals surface area contributed by atoms with Gasteiger partial charge in [0.1, 0.15) is 11.7 Å². The molecule has 0 saturated carbocycles. The van der Waals surface area contributed by atoms with Crippen molar-refractivity contribution in [1.29, 1.82) is 10.8 Å². The summed E-state index contributed by atoms with van der Waals surface area (Å²) in [4.78, 5) is 4.57. The molecule has 3 rings (SSSR count). The monoisotopic (exact) mass is 417 g/mol. The Bertz CT molecular complexity index is 1140. The first kappa shape index (κ1) is 22.0. The van der Waals surface area contributed by atoms with E-state index in [1.54, 1.807) is 7.11 Å². The highest BCUT2D eigenvalue weighted by atomic mass is 16.5. The Kier molecular flexibility index (Phi) is 7.04. The fraction of sp³-hybridized carbons (Fsp3) is 0.261. The van der Waals surface area contributed by atoms with Crippen LogP contribution >= 0.6 is 0 Å². The molecule has 31 heavy (non-hydrogen) atoms. The standard InChI is InChI=1S/C23H27N7O/c1-5-22(24)30(28-16(2)3)23(25)11-17-6-7-21-18(10-17)12-19(13-26-21)20-14-27-29(15-20)8-9-31-4/h5-7,10,12-15,24-25H,1,8-9,11H2,2-4H3. The molecule has 3 aromatic rings. The van der Waals surface area contributed by atoms with E-state index in [0.717, 1.165) is 33.3 Å². The molecule has 0 atom stereocenters. The summed E-state index contributed by atoms with van der Waals surface area (Å²) in [5, 5.41) is 27.4. The molecular formula is C23H27N7O. The topological polar surface area (TPSA) is 103 Å². The highest BCUT2D eigenvalue weighted by Gasteiger charge is 2.14. The van der Waals surface area contributed by atoms with Crippen LogP contribution in [0.4, 0.5) is 0 Å². The van der Waals surface area contributed by atoms with Gasteiger partial charge in [0.2, 0.25) is 0 Å². The molecule has 0 spiro atoms. The fourth-order valence-electron chi connectivity index (χ4n) is 3.08. The smallest absolute Gasteiger partial charge is 0.147 e. The Balaban J connectivity index is 1.85. The van der Waals surface area contributed by atoms with Crippen LogP contribution in [0.25, 0.3) is 22.0 Å². The number of hydrazone groups is 1. The molecule has 8 heteroatoms. The number of rotatable bonds is 8. The van der Waals surface area contributed by atoms with E-state index < -0.39 is 0 Å². The van der Waals surface area contributed by atoms with Crippen molar-refractivity contribution in [2.45, 2.75) is 26.8 Å². The summed E-state index contributed by atoms with van der Waals surface area (Å²) in [5.41, 5.74) is 4.54. The van der Waals surface area contributed by atoms with Crippen LogP contribution in [0.5, 0.6) is 0 Å². The third-order valence-electron chi connectivity index (χ3n) is 4.59. The molecule has 0 amide bonds. The van der Waals surface area contributed by atoms with Crippen molar-refractivity contribution in [2.75, 3.05) is 13.7 Å². The van der Waals surface area contributed by atoms with Gasteiger partial charge in [-0.05, 0) is 43.7 Å². The van der Waals surface area contributed by atoms with Gasteiger partial charge in [-0.15, -0.1) is 0 Å². The Labute approximate surface area is 181 Å². The lowest BCUT2D eigenvalue weighted by Gasteiger charge is -2.19. The number of amidine groups is 2. The van der Waals surface area contributed by atoms with Crippen LogP contribution in [0.1, 0.15) is 19.4 Å². The average molecular weight is 418 g/mol. The molecule has 8 nitrogen and oxygen atoms in total. The second kappa shape index (κ2) is 9.90. The van der Waals surface area contributed by atoms with E-state index in [-0.39, 0.29) is 11.7 Å². The van der Waals surface area contributed by atoms with Crippen LogP contribution in [-0.2, 0) is 17.7 Å². The predicted molar refractivity (Wildman–Crippen MR) is 125 cm³/mol. The minimum Gasteiger partial charge on any atom is -0.383 e. The van der Waals surface area contributed by atoms with Gasteiger partial charge in [-0.25, -0.2) is 5.01 Å². The van der Waals surface area contributed by atoms with Gasteiger partial charge in [0.25, 0.3) is 0 Å². The van der Waals surface area contributed by atoms with E-state index in [2.05, 4.69) is 27.8 Å². The van der Waals surface area contributed by atoms with E-state index in [9.17, 15) is 0 Å². The minimum atomic E-state index is 0.0708. The van der Waals surface area contributed by atoms with Crippen LogP contribution < -0.4 is 0 Å². The zero-order chi connectivity index (χ0) is 22.4. The van der Waals surface area contributed by atoms with Crippen molar-refractivity contribution in [2.24, 2.45) is 5.10 Å². The van der Waals surface area contributed by atoms with Gasteiger partial charge in [0.05, 0.1) is 24.9 Å². The molecular weight excluding hydrogens is 390 g/mol. The molecule has 0 aliphatic heterocycles. The Morgan fingerprint density at radius 2 is 2.03 bits per heavy atom. The van der Waals surface area contributed by atoms with Crippen molar-refractivity contribution in [3.8, 4) is 11.1 Å². The molecule has 160 valence electrons. The molecule has 2 N–H and O–H groups in total. The summed E-state index contributed by atoms with van der Waals surface area (Å²) in [6.45, 7) is 8.58. The summed E-state index contributed by atoms with van der Waals surface area (Å²) in [6, 6.07) is 7.99. The second-order valence-electron chi connectivity index (χ2n) is 7.31. The fourth-order valence-corrected chi connectivity index (χ4v) is 3.08. The number of fused-ring (bicyclic) bond motifs is 1. The third-order valence-corrected chi connectivity index (χ3v) is 4.59. The van der Waals surface area contributed by atoms with Crippen molar-refractivity contribution in [3.05, 3.63) is 61.1 Å². The van der Waals surface area contributed by atoms with E-state index in [0.29, 0.717) is 19.6 Å². The summed E-state index contributed by atoms with van der Waals surface area (Å²) in [6.07, 6.45) is 7.35. The number of benzene rings is 1. The first-order valence-corrected chi connectivity index (χ1v) is 9.92.